The van der Waals surface area contributed by atoms with E-state index < -0.39 is 0 Å². The molecule has 15 heavy (non-hydrogen) atoms. The van der Waals surface area contributed by atoms with Crippen LogP contribution >= 0.6 is 27.5 Å². The van der Waals surface area contributed by atoms with E-state index in [1.54, 1.807) is 25.3 Å². The SMILES string of the molecule is COc1c(Br)cc(Cl)cc1/C=C/C(C)=O. The van der Waals surface area contributed by atoms with Gasteiger partial charge in [0.2, 0.25) is 0 Å². The quantitative estimate of drug-likeness (QED) is 0.793. The number of ketones is 1. The van der Waals surface area contributed by atoms with Crippen LogP contribution in [-0.2, 0) is 4.79 Å². The van der Waals surface area contributed by atoms with E-state index in [1.165, 1.54) is 13.0 Å². The Hall–Kier alpha value is -0.800. The van der Waals surface area contributed by atoms with Crippen LogP contribution in [0.3, 0.4) is 0 Å². The molecule has 0 saturated heterocycles. The van der Waals surface area contributed by atoms with Gasteiger partial charge in [-0.25, -0.2) is 0 Å². The standard InChI is InChI=1S/C11H10BrClO2/c1-7(14)3-4-8-5-9(13)6-10(12)11(8)15-2/h3-6H,1-2H3/b4-3+. The van der Waals surface area contributed by atoms with Gasteiger partial charge in [-0.3, -0.25) is 4.79 Å². The molecule has 1 rings (SSSR count). The normalized spacial score (nSPS) is 10.7. The van der Waals surface area contributed by atoms with Gasteiger partial charge in [0, 0.05) is 10.6 Å². The number of methoxy groups -OCH3 is 1. The third kappa shape index (κ3) is 3.36. The fraction of sp³-hybridized carbons (Fsp3) is 0.182. The minimum Gasteiger partial charge on any atom is -0.495 e. The third-order valence-electron chi connectivity index (χ3n) is 1.74. The number of hydrogen-bond acceptors (Lipinski definition) is 2. The lowest BCUT2D eigenvalue weighted by atomic mass is 10.1. The summed E-state index contributed by atoms with van der Waals surface area (Å²) in [5.74, 6) is 0.644. The molecule has 4 heteroatoms. The zero-order valence-electron chi connectivity index (χ0n) is 8.38. The molecule has 0 saturated carbocycles. The predicted octanol–water partition coefficient (Wildman–Crippen LogP) is 3.71. The Morgan fingerprint density at radius 2 is 2.20 bits per heavy atom. The Bertz CT molecular complexity index is 413. The maximum Gasteiger partial charge on any atom is 0.152 e. The number of carbonyl (C=O) groups is 1. The Morgan fingerprint density at radius 3 is 2.73 bits per heavy atom. The number of halogens is 2. The largest absolute Gasteiger partial charge is 0.495 e. The van der Waals surface area contributed by atoms with Crippen LogP contribution in [-0.4, -0.2) is 12.9 Å². The highest BCUT2D eigenvalue weighted by Crippen LogP contribution is 2.33. The van der Waals surface area contributed by atoms with E-state index in [4.69, 9.17) is 16.3 Å². The van der Waals surface area contributed by atoms with Crippen LogP contribution in [0.1, 0.15) is 12.5 Å². The lowest BCUT2D eigenvalue weighted by molar-refractivity contribution is -0.112. The number of benzene rings is 1. The number of rotatable bonds is 3. The molecular formula is C11H10BrClO2. The Kier molecular flexibility index (Phi) is 4.36. The number of allylic oxidation sites excluding steroid dienone is 1. The molecule has 1 aromatic rings. The van der Waals surface area contributed by atoms with Crippen LogP contribution in [0.2, 0.25) is 5.02 Å². The van der Waals surface area contributed by atoms with Crippen molar-refractivity contribution in [3.63, 3.8) is 0 Å². The number of carbonyl (C=O) groups excluding carboxylic acids is 1. The van der Waals surface area contributed by atoms with Gasteiger partial charge in [0.1, 0.15) is 5.75 Å². The van der Waals surface area contributed by atoms with Crippen molar-refractivity contribution in [2.75, 3.05) is 7.11 Å². The highest BCUT2D eigenvalue weighted by molar-refractivity contribution is 9.10. The van der Waals surface area contributed by atoms with E-state index in [0.29, 0.717) is 10.8 Å². The van der Waals surface area contributed by atoms with Crippen LogP contribution in [0.5, 0.6) is 5.75 Å². The molecule has 0 radical (unpaired) electrons. The summed E-state index contributed by atoms with van der Waals surface area (Å²) >= 11 is 9.23. The van der Waals surface area contributed by atoms with Gasteiger partial charge in [0.25, 0.3) is 0 Å². The van der Waals surface area contributed by atoms with Crippen molar-refractivity contribution >= 4 is 39.4 Å². The molecule has 0 amide bonds. The minimum absolute atomic E-state index is 0.0202. The first-order valence-electron chi connectivity index (χ1n) is 4.26. The second-order valence-electron chi connectivity index (χ2n) is 2.95. The van der Waals surface area contributed by atoms with Crippen molar-refractivity contribution in [3.05, 3.63) is 33.3 Å². The van der Waals surface area contributed by atoms with Crippen LogP contribution in [0.4, 0.5) is 0 Å². The smallest absolute Gasteiger partial charge is 0.152 e. The lowest BCUT2D eigenvalue weighted by Crippen LogP contribution is -1.89. The van der Waals surface area contributed by atoms with Gasteiger partial charge >= 0.3 is 0 Å². The molecule has 0 atom stereocenters. The van der Waals surface area contributed by atoms with E-state index in [1.807, 2.05) is 0 Å². The molecule has 0 N–H and O–H groups in total. The zero-order chi connectivity index (χ0) is 11.4. The van der Waals surface area contributed by atoms with Crippen molar-refractivity contribution in [3.8, 4) is 5.75 Å². The second kappa shape index (κ2) is 5.33. The molecular weight excluding hydrogens is 279 g/mol. The third-order valence-corrected chi connectivity index (χ3v) is 2.55. The van der Waals surface area contributed by atoms with Crippen LogP contribution in [0.15, 0.2) is 22.7 Å². The summed E-state index contributed by atoms with van der Waals surface area (Å²) in [5, 5.41) is 0.589. The molecule has 2 nitrogen and oxygen atoms in total. The van der Waals surface area contributed by atoms with Gasteiger partial charge in [0.15, 0.2) is 5.78 Å². The molecule has 0 aliphatic heterocycles. The topological polar surface area (TPSA) is 26.3 Å². The molecule has 0 bridgehead atoms. The fourth-order valence-corrected chi connectivity index (χ4v) is 2.12. The van der Waals surface area contributed by atoms with Crippen LogP contribution in [0, 0.1) is 0 Å². The first-order valence-corrected chi connectivity index (χ1v) is 5.43. The monoisotopic (exact) mass is 288 g/mol. The average Bonchev–Trinajstić information content (AvgIpc) is 2.13. The molecule has 0 unspecified atom stereocenters. The molecule has 0 aromatic heterocycles. The molecule has 0 spiro atoms. The second-order valence-corrected chi connectivity index (χ2v) is 4.24. The number of hydrogen-bond donors (Lipinski definition) is 0. The molecule has 80 valence electrons. The van der Waals surface area contributed by atoms with E-state index in [-0.39, 0.29) is 5.78 Å². The molecule has 1 aromatic carbocycles. The van der Waals surface area contributed by atoms with Gasteiger partial charge in [-0.1, -0.05) is 11.6 Å². The van der Waals surface area contributed by atoms with E-state index in [0.717, 1.165) is 10.0 Å². The Morgan fingerprint density at radius 1 is 1.53 bits per heavy atom. The van der Waals surface area contributed by atoms with Gasteiger partial charge < -0.3 is 4.74 Å². The summed E-state index contributed by atoms with van der Waals surface area (Å²) < 4.78 is 5.96. The van der Waals surface area contributed by atoms with Gasteiger partial charge in [-0.15, -0.1) is 0 Å². The maximum atomic E-state index is 10.8. The van der Waals surface area contributed by atoms with Crippen molar-refractivity contribution in [2.24, 2.45) is 0 Å². The van der Waals surface area contributed by atoms with Gasteiger partial charge in [-0.05, 0) is 47.1 Å². The van der Waals surface area contributed by atoms with E-state index >= 15 is 0 Å². The van der Waals surface area contributed by atoms with E-state index in [2.05, 4.69) is 15.9 Å². The van der Waals surface area contributed by atoms with Crippen LogP contribution < -0.4 is 4.74 Å². The zero-order valence-corrected chi connectivity index (χ0v) is 10.7. The number of ether oxygens (including phenoxy) is 1. The molecule has 0 heterocycles. The van der Waals surface area contributed by atoms with Crippen molar-refractivity contribution in [1.29, 1.82) is 0 Å². The first kappa shape index (κ1) is 12.3. The fourth-order valence-electron chi connectivity index (χ4n) is 1.13. The summed E-state index contributed by atoms with van der Waals surface area (Å²) in [7, 11) is 1.57. The molecule has 0 aliphatic rings. The molecule has 0 aliphatic carbocycles. The van der Waals surface area contributed by atoms with Crippen molar-refractivity contribution < 1.29 is 9.53 Å². The predicted molar refractivity (Wildman–Crippen MR) is 65.4 cm³/mol. The minimum atomic E-state index is -0.0202. The average molecular weight is 290 g/mol. The summed E-state index contributed by atoms with van der Waals surface area (Å²) in [6.07, 6.45) is 3.15. The summed E-state index contributed by atoms with van der Waals surface area (Å²) in [6.45, 7) is 1.49. The summed E-state index contributed by atoms with van der Waals surface area (Å²) in [6, 6.07) is 3.48. The molecule has 0 fully saturated rings. The van der Waals surface area contributed by atoms with E-state index in [9.17, 15) is 4.79 Å². The lowest BCUT2D eigenvalue weighted by Gasteiger charge is -2.07. The highest BCUT2D eigenvalue weighted by Gasteiger charge is 2.06. The summed E-state index contributed by atoms with van der Waals surface area (Å²) in [5.41, 5.74) is 0.770. The first-order chi connectivity index (χ1) is 7.04. The van der Waals surface area contributed by atoms with Crippen LogP contribution in [0.25, 0.3) is 6.08 Å². The summed E-state index contributed by atoms with van der Waals surface area (Å²) in [4.78, 5) is 10.8. The Labute approximate surface area is 102 Å². The Balaban J connectivity index is 3.20. The van der Waals surface area contributed by atoms with Crippen molar-refractivity contribution in [2.45, 2.75) is 6.92 Å². The highest BCUT2D eigenvalue weighted by atomic mass is 79.9. The van der Waals surface area contributed by atoms with Gasteiger partial charge in [-0.2, -0.15) is 0 Å². The van der Waals surface area contributed by atoms with Crippen molar-refractivity contribution in [1.82, 2.24) is 0 Å². The maximum absolute atomic E-state index is 10.8. The van der Waals surface area contributed by atoms with Gasteiger partial charge in [0.05, 0.1) is 11.6 Å².